The van der Waals surface area contributed by atoms with E-state index in [0.29, 0.717) is 17.9 Å². The van der Waals surface area contributed by atoms with Gasteiger partial charge in [0.25, 0.3) is 0 Å². The topological polar surface area (TPSA) is 80.2 Å². The van der Waals surface area contributed by atoms with E-state index in [0.717, 1.165) is 17.0 Å². The zero-order valence-corrected chi connectivity index (χ0v) is 15.7. The van der Waals surface area contributed by atoms with Gasteiger partial charge in [-0.25, -0.2) is 0 Å². The van der Waals surface area contributed by atoms with Crippen molar-refractivity contribution in [3.05, 3.63) is 45.0 Å². The van der Waals surface area contributed by atoms with Gasteiger partial charge in [-0.15, -0.1) is 0 Å². The lowest BCUT2D eigenvalue weighted by Crippen LogP contribution is -2.27. The number of rotatable bonds is 5. The number of thiazole rings is 1. The summed E-state index contributed by atoms with van der Waals surface area (Å²) in [4.78, 5) is 35.7. The molecule has 2 amide bonds. The van der Waals surface area contributed by atoms with Crippen molar-refractivity contribution in [2.45, 2.75) is 40.7 Å². The molecule has 6 nitrogen and oxygen atoms in total. The number of nitrogens with zero attached hydrogens (tertiary/aromatic N) is 1. The summed E-state index contributed by atoms with van der Waals surface area (Å²) < 4.78 is 1.59. The molecule has 0 fully saturated rings. The van der Waals surface area contributed by atoms with Gasteiger partial charge in [-0.05, 0) is 25.1 Å². The normalized spacial score (nSPS) is 11.2. The van der Waals surface area contributed by atoms with Crippen molar-refractivity contribution in [2.24, 2.45) is 5.41 Å². The van der Waals surface area contributed by atoms with Crippen LogP contribution in [-0.4, -0.2) is 16.4 Å². The Balaban J connectivity index is 1.96. The number of hydrogen-bond donors (Lipinski definition) is 2. The van der Waals surface area contributed by atoms with Gasteiger partial charge in [0.1, 0.15) is 0 Å². The van der Waals surface area contributed by atoms with Crippen molar-refractivity contribution in [1.29, 1.82) is 0 Å². The Labute approximate surface area is 150 Å². The third-order valence-corrected chi connectivity index (χ3v) is 4.51. The summed E-state index contributed by atoms with van der Waals surface area (Å²) in [7, 11) is 0. The van der Waals surface area contributed by atoms with Crippen molar-refractivity contribution in [1.82, 2.24) is 4.57 Å². The predicted octanol–water partition coefficient (Wildman–Crippen LogP) is 3.23. The van der Waals surface area contributed by atoms with E-state index >= 15 is 0 Å². The van der Waals surface area contributed by atoms with Gasteiger partial charge in [-0.3, -0.25) is 14.4 Å². The van der Waals surface area contributed by atoms with E-state index in [-0.39, 0.29) is 23.1 Å². The lowest BCUT2D eigenvalue weighted by Gasteiger charge is -2.18. The molecule has 0 aliphatic rings. The van der Waals surface area contributed by atoms with Crippen molar-refractivity contribution in [3.8, 4) is 0 Å². The van der Waals surface area contributed by atoms with Crippen LogP contribution < -0.4 is 15.5 Å². The molecule has 25 heavy (non-hydrogen) atoms. The van der Waals surface area contributed by atoms with Gasteiger partial charge in [0.2, 0.25) is 11.8 Å². The molecular formula is C18H23N3O3S. The van der Waals surface area contributed by atoms with E-state index in [1.165, 1.54) is 0 Å². The molecule has 0 aliphatic heterocycles. The molecule has 134 valence electrons. The van der Waals surface area contributed by atoms with E-state index in [1.807, 2.05) is 27.7 Å². The van der Waals surface area contributed by atoms with Crippen LogP contribution in [0.1, 0.15) is 32.9 Å². The largest absolute Gasteiger partial charge is 0.326 e. The number of benzene rings is 1. The lowest BCUT2D eigenvalue weighted by molar-refractivity contribution is -0.123. The second-order valence-electron chi connectivity index (χ2n) is 6.88. The quantitative estimate of drug-likeness (QED) is 0.858. The zero-order valence-electron chi connectivity index (χ0n) is 14.9. The Bertz CT molecular complexity index is 831. The maximum absolute atomic E-state index is 12.1. The van der Waals surface area contributed by atoms with Crippen LogP contribution >= 0.6 is 11.3 Å². The highest BCUT2D eigenvalue weighted by Crippen LogP contribution is 2.20. The summed E-state index contributed by atoms with van der Waals surface area (Å²) in [6.45, 7) is 7.70. The van der Waals surface area contributed by atoms with E-state index in [2.05, 4.69) is 10.6 Å². The van der Waals surface area contributed by atoms with Gasteiger partial charge in [-0.1, -0.05) is 38.2 Å². The number of amides is 2. The molecule has 0 saturated carbocycles. The lowest BCUT2D eigenvalue weighted by atomic mass is 9.95. The fourth-order valence-electron chi connectivity index (χ4n) is 2.10. The monoisotopic (exact) mass is 361 g/mol. The van der Waals surface area contributed by atoms with Crippen molar-refractivity contribution in [2.75, 3.05) is 10.6 Å². The Morgan fingerprint density at radius 3 is 2.36 bits per heavy atom. The highest BCUT2D eigenvalue weighted by molar-refractivity contribution is 7.07. The van der Waals surface area contributed by atoms with Crippen LogP contribution in [0.15, 0.2) is 34.4 Å². The summed E-state index contributed by atoms with van der Waals surface area (Å²) in [6, 6.07) is 7.01. The van der Waals surface area contributed by atoms with Crippen LogP contribution in [0.2, 0.25) is 0 Å². The van der Waals surface area contributed by atoms with E-state index in [1.54, 1.807) is 34.2 Å². The highest BCUT2D eigenvalue weighted by atomic mass is 32.1. The van der Waals surface area contributed by atoms with Crippen LogP contribution in [0.3, 0.4) is 0 Å². The van der Waals surface area contributed by atoms with Crippen LogP contribution in [0.25, 0.3) is 0 Å². The van der Waals surface area contributed by atoms with Gasteiger partial charge >= 0.3 is 4.87 Å². The Hall–Kier alpha value is -2.41. The van der Waals surface area contributed by atoms with Crippen LogP contribution in [-0.2, 0) is 16.1 Å². The Morgan fingerprint density at radius 2 is 1.80 bits per heavy atom. The highest BCUT2D eigenvalue weighted by Gasteiger charge is 2.21. The first-order chi connectivity index (χ1) is 11.7. The molecule has 0 atom stereocenters. The van der Waals surface area contributed by atoms with E-state index < -0.39 is 5.41 Å². The van der Waals surface area contributed by atoms with Crippen molar-refractivity contribution in [3.63, 3.8) is 0 Å². The van der Waals surface area contributed by atoms with Crippen LogP contribution in [0.4, 0.5) is 11.4 Å². The number of carbonyl (C=O) groups is 2. The van der Waals surface area contributed by atoms with Crippen LogP contribution in [0.5, 0.6) is 0 Å². The zero-order chi connectivity index (χ0) is 18.6. The third kappa shape index (κ3) is 5.29. The molecule has 2 rings (SSSR count). The molecule has 0 bridgehead atoms. The third-order valence-electron chi connectivity index (χ3n) is 3.62. The van der Waals surface area contributed by atoms with Gasteiger partial charge in [0.15, 0.2) is 0 Å². The average Bonchev–Trinajstić information content (AvgIpc) is 2.83. The molecule has 2 N–H and O–H groups in total. The first kappa shape index (κ1) is 18.9. The minimum Gasteiger partial charge on any atom is -0.326 e. The smallest absolute Gasteiger partial charge is 0.307 e. The number of nitrogens with one attached hydrogen (secondary N) is 2. The molecule has 0 aliphatic carbocycles. The molecule has 1 aromatic carbocycles. The number of aromatic nitrogens is 1. The molecule has 1 aromatic heterocycles. The number of aryl methyl sites for hydroxylation is 1. The molecule has 1 heterocycles. The van der Waals surface area contributed by atoms with Gasteiger partial charge in [0.05, 0.1) is 0 Å². The molecule has 2 aromatic rings. The fourth-order valence-corrected chi connectivity index (χ4v) is 2.87. The van der Waals surface area contributed by atoms with E-state index in [9.17, 15) is 14.4 Å². The molecule has 0 radical (unpaired) electrons. The summed E-state index contributed by atoms with van der Waals surface area (Å²) in [5.41, 5.74) is 1.59. The molecule has 0 unspecified atom stereocenters. The summed E-state index contributed by atoms with van der Waals surface area (Å²) in [5.74, 6) is -0.278. The minimum atomic E-state index is -0.495. The molecule has 0 saturated heterocycles. The molecule has 0 spiro atoms. The maximum atomic E-state index is 12.1. The predicted molar refractivity (Wildman–Crippen MR) is 101 cm³/mol. The first-order valence-electron chi connectivity index (χ1n) is 8.03. The summed E-state index contributed by atoms with van der Waals surface area (Å²) in [6.07, 6.45) is 0.204. The van der Waals surface area contributed by atoms with E-state index in [4.69, 9.17) is 0 Å². The van der Waals surface area contributed by atoms with Gasteiger partial charge in [-0.2, -0.15) is 0 Å². The fraction of sp³-hybridized carbons (Fsp3) is 0.389. The average molecular weight is 361 g/mol. The first-order valence-corrected chi connectivity index (χ1v) is 8.91. The molecular weight excluding hydrogens is 338 g/mol. The Morgan fingerprint density at radius 1 is 1.16 bits per heavy atom. The Kier molecular flexibility index (Phi) is 5.79. The summed E-state index contributed by atoms with van der Waals surface area (Å²) in [5, 5.41) is 7.40. The SMILES string of the molecule is Cc1csc(=O)n1CCC(=O)Nc1cccc(NC(=O)C(C)(C)C)c1. The van der Waals surface area contributed by atoms with Crippen LogP contribution in [0, 0.1) is 12.3 Å². The number of hydrogen-bond acceptors (Lipinski definition) is 4. The number of anilines is 2. The second kappa shape index (κ2) is 7.65. The van der Waals surface area contributed by atoms with Crippen molar-refractivity contribution >= 4 is 34.5 Å². The second-order valence-corrected chi connectivity index (χ2v) is 7.70. The number of carbonyl (C=O) groups excluding carboxylic acids is 2. The molecule has 7 heteroatoms. The maximum Gasteiger partial charge on any atom is 0.307 e. The standard InChI is InChI=1S/C18H23N3O3S/c1-12-11-25-17(24)21(12)9-8-15(22)19-13-6-5-7-14(10-13)20-16(23)18(2,3)4/h5-7,10-11H,8-9H2,1-4H3,(H,19,22)(H,20,23). The van der Waals surface area contributed by atoms with Gasteiger partial charge in [0, 0.05) is 40.8 Å². The van der Waals surface area contributed by atoms with Gasteiger partial charge < -0.3 is 15.2 Å². The van der Waals surface area contributed by atoms with Crippen molar-refractivity contribution < 1.29 is 9.59 Å². The minimum absolute atomic E-state index is 0.0582. The summed E-state index contributed by atoms with van der Waals surface area (Å²) >= 11 is 1.13.